The highest BCUT2D eigenvalue weighted by atomic mass is 32.1. The molecule has 0 unspecified atom stereocenters. The molecular formula is C19H18N2O2S. The molecule has 0 atom stereocenters. The normalized spacial score (nSPS) is 15.8. The third-order valence-electron chi connectivity index (χ3n) is 4.68. The van der Waals surface area contributed by atoms with Crippen molar-refractivity contribution in [2.75, 3.05) is 13.1 Å². The quantitative estimate of drug-likeness (QED) is 0.768. The first kappa shape index (κ1) is 15.1. The van der Waals surface area contributed by atoms with Crippen LogP contribution in [0, 0.1) is 0 Å². The summed E-state index contributed by atoms with van der Waals surface area (Å²) in [6.45, 7) is 1.41. The standard InChI is InChI=1S/C19H18N2O2S/c22-17-12-15-4-2-1-3-14(15)11-16(17)19(23)21-8-5-13(6-9-21)18-20-7-10-24-18/h1-4,7,10-13,22H,5-6,8-9H2. The third-order valence-corrected chi connectivity index (χ3v) is 5.62. The molecule has 4 nitrogen and oxygen atoms in total. The molecule has 2 aromatic carbocycles. The van der Waals surface area contributed by atoms with Gasteiger partial charge in [-0.05, 0) is 35.7 Å². The van der Waals surface area contributed by atoms with E-state index in [1.54, 1.807) is 23.5 Å². The van der Waals surface area contributed by atoms with Gasteiger partial charge >= 0.3 is 0 Å². The van der Waals surface area contributed by atoms with Gasteiger partial charge in [0.15, 0.2) is 0 Å². The van der Waals surface area contributed by atoms with Crippen LogP contribution >= 0.6 is 11.3 Å². The number of thiazole rings is 1. The summed E-state index contributed by atoms with van der Waals surface area (Å²) < 4.78 is 0. The SMILES string of the molecule is O=C(c1cc2ccccc2cc1O)N1CCC(c2nccs2)CC1. The maximum absolute atomic E-state index is 12.8. The molecule has 0 aliphatic carbocycles. The van der Waals surface area contributed by atoms with Gasteiger partial charge in [-0.1, -0.05) is 24.3 Å². The first-order valence-electron chi connectivity index (χ1n) is 8.13. The summed E-state index contributed by atoms with van der Waals surface area (Å²) in [6.07, 6.45) is 3.69. The monoisotopic (exact) mass is 338 g/mol. The molecule has 0 bridgehead atoms. The maximum Gasteiger partial charge on any atom is 0.257 e. The fourth-order valence-electron chi connectivity index (χ4n) is 3.34. The van der Waals surface area contributed by atoms with Gasteiger partial charge in [0, 0.05) is 30.6 Å². The second kappa shape index (κ2) is 6.24. The first-order chi connectivity index (χ1) is 11.7. The number of phenolic OH excluding ortho intramolecular Hbond substituents is 1. The van der Waals surface area contributed by atoms with Gasteiger partial charge in [0.2, 0.25) is 0 Å². The van der Waals surface area contributed by atoms with Crippen molar-refractivity contribution in [3.8, 4) is 5.75 Å². The number of aromatic nitrogens is 1. The lowest BCUT2D eigenvalue weighted by Gasteiger charge is -2.31. The van der Waals surface area contributed by atoms with E-state index < -0.39 is 0 Å². The molecule has 122 valence electrons. The van der Waals surface area contributed by atoms with Gasteiger partial charge < -0.3 is 10.0 Å². The van der Waals surface area contributed by atoms with Crippen LogP contribution in [0.15, 0.2) is 48.0 Å². The van der Waals surface area contributed by atoms with E-state index >= 15 is 0 Å². The average Bonchev–Trinajstić information content (AvgIpc) is 3.15. The maximum atomic E-state index is 12.8. The van der Waals surface area contributed by atoms with Crippen molar-refractivity contribution >= 4 is 28.0 Å². The summed E-state index contributed by atoms with van der Waals surface area (Å²) in [5, 5.41) is 15.3. The molecule has 2 heterocycles. The molecule has 1 fully saturated rings. The van der Waals surface area contributed by atoms with Crippen molar-refractivity contribution in [2.45, 2.75) is 18.8 Å². The zero-order valence-corrected chi connectivity index (χ0v) is 14.0. The van der Waals surface area contributed by atoms with Crippen molar-refractivity contribution in [1.29, 1.82) is 0 Å². The Balaban J connectivity index is 1.53. The molecule has 0 saturated carbocycles. The van der Waals surface area contributed by atoms with Crippen molar-refractivity contribution in [3.63, 3.8) is 0 Å². The summed E-state index contributed by atoms with van der Waals surface area (Å²) in [6, 6.07) is 11.2. The highest BCUT2D eigenvalue weighted by molar-refractivity contribution is 7.09. The molecule has 1 aliphatic heterocycles. The summed E-state index contributed by atoms with van der Waals surface area (Å²) in [4.78, 5) is 19.0. The predicted octanol–water partition coefficient (Wildman–Crippen LogP) is 4.02. The average molecular weight is 338 g/mol. The zero-order chi connectivity index (χ0) is 16.5. The molecule has 1 aromatic heterocycles. The lowest BCUT2D eigenvalue weighted by atomic mass is 9.96. The number of benzene rings is 2. The summed E-state index contributed by atoms with van der Waals surface area (Å²) in [5.74, 6) is 0.413. The van der Waals surface area contributed by atoms with E-state index in [1.165, 1.54) is 0 Å². The minimum absolute atomic E-state index is 0.0562. The molecule has 4 rings (SSSR count). The second-order valence-corrected chi connectivity index (χ2v) is 7.08. The van der Waals surface area contributed by atoms with Crippen molar-refractivity contribution in [3.05, 3.63) is 58.5 Å². The van der Waals surface area contributed by atoms with Crippen LogP contribution in [0.3, 0.4) is 0 Å². The lowest BCUT2D eigenvalue weighted by molar-refractivity contribution is 0.0710. The zero-order valence-electron chi connectivity index (χ0n) is 13.2. The van der Waals surface area contributed by atoms with Gasteiger partial charge in [0.25, 0.3) is 5.91 Å². The Morgan fingerprint density at radius 2 is 1.88 bits per heavy atom. The number of hydrogen-bond acceptors (Lipinski definition) is 4. The summed E-state index contributed by atoms with van der Waals surface area (Å²) >= 11 is 1.68. The van der Waals surface area contributed by atoms with Gasteiger partial charge in [0.1, 0.15) is 5.75 Å². The van der Waals surface area contributed by atoms with Crippen molar-refractivity contribution in [1.82, 2.24) is 9.88 Å². The highest BCUT2D eigenvalue weighted by Crippen LogP contribution is 2.31. The van der Waals surface area contributed by atoms with E-state index in [-0.39, 0.29) is 11.7 Å². The predicted molar refractivity (Wildman–Crippen MR) is 95.6 cm³/mol. The second-order valence-electron chi connectivity index (χ2n) is 6.15. The van der Waals surface area contributed by atoms with E-state index in [9.17, 15) is 9.90 Å². The van der Waals surface area contributed by atoms with Crippen molar-refractivity contribution in [2.24, 2.45) is 0 Å². The van der Waals surface area contributed by atoms with Crippen LogP contribution in [0.4, 0.5) is 0 Å². The number of nitrogens with zero attached hydrogens (tertiary/aromatic N) is 2. The van der Waals surface area contributed by atoms with Crippen LogP contribution < -0.4 is 0 Å². The van der Waals surface area contributed by atoms with Crippen molar-refractivity contribution < 1.29 is 9.90 Å². The van der Waals surface area contributed by atoms with Gasteiger partial charge in [0.05, 0.1) is 10.6 Å². The van der Waals surface area contributed by atoms with Gasteiger partial charge in [-0.25, -0.2) is 4.98 Å². The Morgan fingerprint density at radius 3 is 2.54 bits per heavy atom. The lowest BCUT2D eigenvalue weighted by Crippen LogP contribution is -2.37. The summed E-state index contributed by atoms with van der Waals surface area (Å²) in [5.41, 5.74) is 0.390. The number of likely N-dealkylation sites (tertiary alicyclic amines) is 1. The fourth-order valence-corrected chi connectivity index (χ4v) is 4.15. The molecular weight excluding hydrogens is 320 g/mol. The molecule has 1 N–H and O–H groups in total. The van der Waals surface area contributed by atoms with E-state index in [2.05, 4.69) is 4.98 Å². The number of amides is 1. The molecule has 0 radical (unpaired) electrons. The number of phenols is 1. The number of carbonyl (C=O) groups excluding carboxylic acids is 1. The van der Waals surface area contributed by atoms with Crippen LogP contribution in [0.2, 0.25) is 0 Å². The highest BCUT2D eigenvalue weighted by Gasteiger charge is 2.27. The number of rotatable bonds is 2. The number of piperidine rings is 1. The van der Waals surface area contributed by atoms with Gasteiger partial charge in [-0.3, -0.25) is 4.79 Å². The number of carbonyl (C=O) groups is 1. The van der Waals surface area contributed by atoms with E-state index in [1.807, 2.05) is 40.7 Å². The number of hydrogen-bond donors (Lipinski definition) is 1. The number of fused-ring (bicyclic) bond motifs is 1. The van der Waals surface area contributed by atoms with E-state index in [4.69, 9.17) is 0 Å². The van der Waals surface area contributed by atoms with Gasteiger partial charge in [-0.15, -0.1) is 11.3 Å². The third kappa shape index (κ3) is 2.76. The van der Waals surface area contributed by atoms with Gasteiger partial charge in [-0.2, -0.15) is 0 Å². The van der Waals surface area contributed by atoms with Crippen LogP contribution in [-0.2, 0) is 0 Å². The Hall–Kier alpha value is -2.40. The first-order valence-corrected chi connectivity index (χ1v) is 9.01. The molecule has 3 aromatic rings. The minimum Gasteiger partial charge on any atom is -0.507 e. The Labute approximate surface area is 144 Å². The topological polar surface area (TPSA) is 53.4 Å². The fraction of sp³-hybridized carbons (Fsp3) is 0.263. The van der Waals surface area contributed by atoms with Crippen LogP contribution in [0.1, 0.15) is 34.1 Å². The Morgan fingerprint density at radius 1 is 1.17 bits per heavy atom. The van der Waals surface area contributed by atoms with Crippen LogP contribution in [0.25, 0.3) is 10.8 Å². The van der Waals surface area contributed by atoms with E-state index in [0.29, 0.717) is 24.6 Å². The molecule has 5 heteroatoms. The molecule has 1 amide bonds. The largest absolute Gasteiger partial charge is 0.507 e. The van der Waals surface area contributed by atoms with E-state index in [0.717, 1.165) is 28.6 Å². The minimum atomic E-state index is -0.0872. The smallest absolute Gasteiger partial charge is 0.257 e. The molecule has 1 saturated heterocycles. The molecule has 1 aliphatic rings. The number of aromatic hydroxyl groups is 1. The molecule has 24 heavy (non-hydrogen) atoms. The van der Waals surface area contributed by atoms with Crippen LogP contribution in [0.5, 0.6) is 5.75 Å². The Bertz CT molecular complexity index is 868. The summed E-state index contributed by atoms with van der Waals surface area (Å²) in [7, 11) is 0. The molecule has 0 spiro atoms. The van der Waals surface area contributed by atoms with Crippen LogP contribution in [-0.4, -0.2) is 34.0 Å². The Kier molecular flexibility index (Phi) is 3.94.